The summed E-state index contributed by atoms with van der Waals surface area (Å²) in [4.78, 5) is 12.5. The third-order valence-electron chi connectivity index (χ3n) is 2.03. The lowest BCUT2D eigenvalue weighted by Crippen LogP contribution is -2.43. The highest BCUT2D eigenvalue weighted by atomic mass is 16.4. The molecule has 0 amide bonds. The molecule has 0 fully saturated rings. The van der Waals surface area contributed by atoms with E-state index in [4.69, 9.17) is 5.11 Å². The molecule has 0 bridgehead atoms. The zero-order valence-corrected chi connectivity index (χ0v) is 9.53. The lowest BCUT2D eigenvalue weighted by Gasteiger charge is -2.33. The molecule has 1 atom stereocenters. The van der Waals surface area contributed by atoms with Gasteiger partial charge in [-0.3, -0.25) is 4.90 Å². The van der Waals surface area contributed by atoms with E-state index >= 15 is 0 Å². The topological polar surface area (TPSA) is 40.5 Å². The van der Waals surface area contributed by atoms with E-state index < -0.39 is 5.97 Å². The van der Waals surface area contributed by atoms with Crippen molar-refractivity contribution in [2.45, 2.75) is 52.7 Å². The van der Waals surface area contributed by atoms with Crippen LogP contribution >= 0.6 is 0 Å². The van der Waals surface area contributed by atoms with Gasteiger partial charge in [0.25, 0.3) is 0 Å². The Morgan fingerprint density at radius 2 is 1.57 bits per heavy atom. The first-order valence-corrected chi connectivity index (χ1v) is 4.88. The molecule has 3 heteroatoms. The Balaban J connectivity index is 4.55. The van der Waals surface area contributed by atoms with Crippen LogP contribution in [0.1, 0.15) is 34.6 Å². The van der Waals surface area contributed by atoms with Crippen molar-refractivity contribution >= 4 is 5.97 Å². The third kappa shape index (κ3) is 4.29. The largest absolute Gasteiger partial charge is 0.472 e. The maximum atomic E-state index is 10.3. The van der Waals surface area contributed by atoms with Gasteiger partial charge in [0.15, 0.2) is 0 Å². The zero-order valence-electron chi connectivity index (χ0n) is 9.53. The summed E-state index contributed by atoms with van der Waals surface area (Å²) in [5.74, 6) is 3.82. The SMILES string of the molecule is CC(C)N(C(C)C)C(C)C#CC(=O)O. The molecule has 3 nitrogen and oxygen atoms in total. The van der Waals surface area contributed by atoms with Gasteiger partial charge in [-0.25, -0.2) is 4.79 Å². The second kappa shape index (κ2) is 5.66. The molecule has 0 aliphatic carbocycles. The van der Waals surface area contributed by atoms with Crippen LogP contribution in [0.3, 0.4) is 0 Å². The first kappa shape index (κ1) is 13.0. The fourth-order valence-electron chi connectivity index (χ4n) is 1.73. The van der Waals surface area contributed by atoms with Gasteiger partial charge < -0.3 is 5.11 Å². The van der Waals surface area contributed by atoms with Crippen LogP contribution in [0.2, 0.25) is 0 Å². The Kier molecular flexibility index (Phi) is 5.26. The van der Waals surface area contributed by atoms with Gasteiger partial charge in [-0.1, -0.05) is 5.92 Å². The monoisotopic (exact) mass is 197 g/mol. The molecular formula is C11H19NO2. The number of aliphatic carboxylic acids is 1. The maximum absolute atomic E-state index is 10.3. The standard InChI is InChI=1S/C11H19NO2/c1-8(2)12(9(3)4)10(5)6-7-11(13)14/h8-10H,1-5H3,(H,13,14). The summed E-state index contributed by atoms with van der Waals surface area (Å²) in [6.07, 6.45) is 0. The molecule has 0 radical (unpaired) electrons. The minimum atomic E-state index is -1.07. The van der Waals surface area contributed by atoms with E-state index in [1.165, 1.54) is 0 Å². The Morgan fingerprint density at radius 1 is 1.14 bits per heavy atom. The highest BCUT2D eigenvalue weighted by molar-refractivity contribution is 5.86. The molecule has 0 aromatic heterocycles. The smallest absolute Gasteiger partial charge is 0.381 e. The molecule has 0 saturated carbocycles. The second-order valence-electron chi connectivity index (χ2n) is 3.89. The van der Waals surface area contributed by atoms with E-state index in [0.29, 0.717) is 12.1 Å². The minimum Gasteiger partial charge on any atom is -0.472 e. The van der Waals surface area contributed by atoms with Gasteiger partial charge in [0.2, 0.25) is 0 Å². The van der Waals surface area contributed by atoms with Crippen molar-refractivity contribution in [1.82, 2.24) is 4.90 Å². The molecule has 1 N–H and O–H groups in total. The molecule has 1 unspecified atom stereocenters. The highest BCUT2D eigenvalue weighted by Gasteiger charge is 2.18. The summed E-state index contributed by atoms with van der Waals surface area (Å²) in [5, 5.41) is 8.43. The molecule has 0 aromatic carbocycles. The van der Waals surface area contributed by atoms with Crippen LogP contribution in [-0.4, -0.2) is 34.1 Å². The lowest BCUT2D eigenvalue weighted by molar-refractivity contribution is -0.130. The normalized spacial score (nSPS) is 12.9. The van der Waals surface area contributed by atoms with E-state index in [1.807, 2.05) is 6.92 Å². The van der Waals surface area contributed by atoms with E-state index in [9.17, 15) is 4.79 Å². The summed E-state index contributed by atoms with van der Waals surface area (Å²) in [5.41, 5.74) is 0. The molecule has 0 rings (SSSR count). The summed E-state index contributed by atoms with van der Waals surface area (Å²) in [6, 6.07) is 0.715. The Bertz CT molecular complexity index is 240. The van der Waals surface area contributed by atoms with Crippen molar-refractivity contribution in [3.63, 3.8) is 0 Å². The average Bonchev–Trinajstić information content (AvgIpc) is 1.99. The Hall–Kier alpha value is -1.01. The Morgan fingerprint density at radius 3 is 1.86 bits per heavy atom. The molecule has 0 heterocycles. The summed E-state index contributed by atoms with van der Waals surface area (Å²) < 4.78 is 0. The minimum absolute atomic E-state index is 0.0221. The van der Waals surface area contributed by atoms with Crippen LogP contribution in [0.15, 0.2) is 0 Å². The number of nitrogens with zero attached hydrogens (tertiary/aromatic N) is 1. The molecule has 0 aliphatic rings. The predicted octanol–water partition coefficient (Wildman–Crippen LogP) is 1.58. The van der Waals surface area contributed by atoms with Gasteiger partial charge in [-0.05, 0) is 34.6 Å². The number of carboxylic acid groups (broad SMARTS) is 1. The fraction of sp³-hybridized carbons (Fsp3) is 0.727. The first-order chi connectivity index (χ1) is 6.36. The zero-order chi connectivity index (χ0) is 11.3. The molecule has 0 aromatic rings. The van der Waals surface area contributed by atoms with Crippen molar-refractivity contribution in [2.75, 3.05) is 0 Å². The van der Waals surface area contributed by atoms with E-state index in [1.54, 1.807) is 0 Å². The number of hydrogen-bond donors (Lipinski definition) is 1. The van der Waals surface area contributed by atoms with Gasteiger partial charge in [-0.15, -0.1) is 0 Å². The number of carboxylic acids is 1. The van der Waals surface area contributed by atoms with Gasteiger partial charge in [-0.2, -0.15) is 0 Å². The van der Waals surface area contributed by atoms with E-state index in [0.717, 1.165) is 0 Å². The number of carbonyl (C=O) groups is 1. The number of rotatable bonds is 3. The second-order valence-corrected chi connectivity index (χ2v) is 3.89. The van der Waals surface area contributed by atoms with Crippen molar-refractivity contribution in [1.29, 1.82) is 0 Å². The summed E-state index contributed by atoms with van der Waals surface area (Å²) in [6.45, 7) is 10.3. The van der Waals surface area contributed by atoms with Crippen LogP contribution in [0.25, 0.3) is 0 Å². The van der Waals surface area contributed by atoms with Crippen LogP contribution in [0, 0.1) is 11.8 Å². The Labute approximate surface area is 86.1 Å². The molecular weight excluding hydrogens is 178 g/mol. The highest BCUT2D eigenvalue weighted by Crippen LogP contribution is 2.09. The first-order valence-electron chi connectivity index (χ1n) is 4.88. The molecule has 0 spiro atoms. The van der Waals surface area contributed by atoms with Crippen molar-refractivity contribution < 1.29 is 9.90 Å². The van der Waals surface area contributed by atoms with Gasteiger partial charge in [0, 0.05) is 18.0 Å². The van der Waals surface area contributed by atoms with Crippen molar-refractivity contribution in [3.8, 4) is 11.8 Å². The van der Waals surface area contributed by atoms with Crippen LogP contribution in [-0.2, 0) is 4.79 Å². The summed E-state index contributed by atoms with van der Waals surface area (Å²) >= 11 is 0. The van der Waals surface area contributed by atoms with Crippen LogP contribution < -0.4 is 0 Å². The van der Waals surface area contributed by atoms with Crippen molar-refractivity contribution in [2.24, 2.45) is 0 Å². The van der Waals surface area contributed by atoms with Crippen molar-refractivity contribution in [3.05, 3.63) is 0 Å². The van der Waals surface area contributed by atoms with Gasteiger partial charge in [0.05, 0.1) is 6.04 Å². The lowest BCUT2D eigenvalue weighted by atomic mass is 10.1. The van der Waals surface area contributed by atoms with Crippen LogP contribution in [0.5, 0.6) is 0 Å². The maximum Gasteiger partial charge on any atom is 0.381 e. The van der Waals surface area contributed by atoms with Gasteiger partial charge >= 0.3 is 5.97 Å². The molecule has 80 valence electrons. The average molecular weight is 197 g/mol. The number of hydrogen-bond acceptors (Lipinski definition) is 2. The molecule has 14 heavy (non-hydrogen) atoms. The molecule has 0 saturated heterocycles. The fourth-order valence-corrected chi connectivity index (χ4v) is 1.73. The third-order valence-corrected chi connectivity index (χ3v) is 2.03. The quantitative estimate of drug-likeness (QED) is 0.698. The van der Waals surface area contributed by atoms with E-state index in [2.05, 4.69) is 44.4 Å². The summed E-state index contributed by atoms with van der Waals surface area (Å²) in [7, 11) is 0. The molecule has 0 aliphatic heterocycles. The van der Waals surface area contributed by atoms with E-state index in [-0.39, 0.29) is 6.04 Å². The predicted molar refractivity (Wildman–Crippen MR) is 57.0 cm³/mol. The van der Waals surface area contributed by atoms with Crippen LogP contribution in [0.4, 0.5) is 0 Å². The van der Waals surface area contributed by atoms with Gasteiger partial charge in [0.1, 0.15) is 0 Å².